The van der Waals surface area contributed by atoms with Crippen LogP contribution in [0.3, 0.4) is 0 Å². The highest BCUT2D eigenvalue weighted by atomic mass is 19.4. The van der Waals surface area contributed by atoms with Crippen LogP contribution in [0.4, 0.5) is 62.8 Å². The number of hydrogen-bond acceptors (Lipinski definition) is 3. The molecule has 0 aliphatic carbocycles. The van der Waals surface area contributed by atoms with Crippen LogP contribution in [0, 0.1) is 13.8 Å². The van der Waals surface area contributed by atoms with Crippen molar-refractivity contribution in [3.8, 4) is 0 Å². The first kappa shape index (κ1) is 31.1. The van der Waals surface area contributed by atoms with Crippen molar-refractivity contribution in [2.75, 3.05) is 5.32 Å². The fourth-order valence-electron chi connectivity index (χ4n) is 2.71. The van der Waals surface area contributed by atoms with E-state index in [1.165, 1.54) is 18.2 Å². The van der Waals surface area contributed by atoms with Crippen LogP contribution in [0.2, 0.25) is 0 Å². The van der Waals surface area contributed by atoms with Crippen LogP contribution in [0.25, 0.3) is 0 Å². The van der Waals surface area contributed by atoms with Crippen LogP contribution >= 0.6 is 0 Å². The van der Waals surface area contributed by atoms with Crippen molar-refractivity contribution < 1.29 is 71.3 Å². The minimum atomic E-state index is -7.52. The van der Waals surface area contributed by atoms with Gasteiger partial charge >= 0.3 is 36.5 Å². The molecule has 2 aromatic carbocycles. The van der Waals surface area contributed by atoms with Gasteiger partial charge in [-0.05, 0) is 49.2 Å². The van der Waals surface area contributed by atoms with E-state index in [-0.39, 0.29) is 17.7 Å². The van der Waals surface area contributed by atoms with E-state index in [0.717, 1.165) is 11.6 Å². The molecule has 0 heterocycles. The molecule has 0 saturated heterocycles. The summed E-state index contributed by atoms with van der Waals surface area (Å²) in [6.45, 7) is 3.33. The summed E-state index contributed by atoms with van der Waals surface area (Å²) in [6.07, 6.45) is -27.9. The molecule has 212 valence electrons. The van der Waals surface area contributed by atoms with E-state index in [0.29, 0.717) is 11.6 Å². The van der Waals surface area contributed by atoms with Gasteiger partial charge in [0.2, 0.25) is 0 Å². The SMILES string of the molecule is Cc1ccc(C(=O)Nc2cccc(C(F)(F)C(F)(F)OC(F)(F)C(F)(F)C(F)(F)OC(F)(F)F)c2)cc1C. The van der Waals surface area contributed by atoms with Crippen LogP contribution < -0.4 is 5.32 Å². The van der Waals surface area contributed by atoms with Gasteiger partial charge in [0.25, 0.3) is 5.91 Å². The Bertz CT molecular complexity index is 1180. The number of amides is 1. The summed E-state index contributed by atoms with van der Waals surface area (Å²) in [5.74, 6) is -14.4. The normalized spacial score (nSPS) is 14.0. The molecular formula is C21H14F13NO3. The number of carbonyl (C=O) groups excluding carboxylic acids is 1. The van der Waals surface area contributed by atoms with Gasteiger partial charge in [-0.15, -0.1) is 13.2 Å². The van der Waals surface area contributed by atoms with E-state index in [2.05, 4.69) is 0 Å². The van der Waals surface area contributed by atoms with Gasteiger partial charge in [0.05, 0.1) is 0 Å². The van der Waals surface area contributed by atoms with Crippen molar-refractivity contribution in [1.29, 1.82) is 0 Å². The Morgan fingerprint density at radius 1 is 0.684 bits per heavy atom. The van der Waals surface area contributed by atoms with Crippen LogP contribution in [-0.4, -0.2) is 36.5 Å². The zero-order chi connectivity index (χ0) is 29.5. The van der Waals surface area contributed by atoms with Gasteiger partial charge in [0.1, 0.15) is 0 Å². The first-order chi connectivity index (χ1) is 16.9. The average Bonchev–Trinajstić information content (AvgIpc) is 2.73. The second kappa shape index (κ2) is 9.91. The maximum Gasteiger partial charge on any atom is 0.527 e. The zero-order valence-electron chi connectivity index (χ0n) is 18.7. The van der Waals surface area contributed by atoms with Crippen molar-refractivity contribution in [3.05, 3.63) is 64.7 Å². The van der Waals surface area contributed by atoms with E-state index < -0.39 is 53.7 Å². The molecule has 0 fully saturated rings. The Labute approximate surface area is 204 Å². The Balaban J connectivity index is 2.34. The zero-order valence-corrected chi connectivity index (χ0v) is 18.7. The summed E-state index contributed by atoms with van der Waals surface area (Å²) in [4.78, 5) is 12.3. The van der Waals surface area contributed by atoms with E-state index in [1.54, 1.807) is 18.6 Å². The third-order valence-electron chi connectivity index (χ3n) is 4.85. The summed E-state index contributed by atoms with van der Waals surface area (Å²) < 4.78 is 176. The number of alkyl halides is 13. The van der Waals surface area contributed by atoms with Gasteiger partial charge in [0, 0.05) is 16.8 Å². The molecule has 4 nitrogen and oxygen atoms in total. The third-order valence-corrected chi connectivity index (χ3v) is 4.85. The molecular weight excluding hydrogens is 561 g/mol. The summed E-state index contributed by atoms with van der Waals surface area (Å²) in [5.41, 5.74) is -1.15. The van der Waals surface area contributed by atoms with Crippen LogP contribution in [0.1, 0.15) is 27.0 Å². The van der Waals surface area contributed by atoms with Gasteiger partial charge in [-0.1, -0.05) is 18.2 Å². The summed E-state index contributed by atoms with van der Waals surface area (Å²) in [5, 5.41) is 2.03. The molecule has 0 aromatic heterocycles. The van der Waals surface area contributed by atoms with Gasteiger partial charge in [0.15, 0.2) is 0 Å². The topological polar surface area (TPSA) is 47.6 Å². The first-order valence-corrected chi connectivity index (χ1v) is 9.79. The molecule has 1 amide bonds. The Hall–Kier alpha value is -3.08. The van der Waals surface area contributed by atoms with Gasteiger partial charge in [-0.3, -0.25) is 4.79 Å². The number of hydrogen-bond donors (Lipinski definition) is 1. The summed E-state index contributed by atoms with van der Waals surface area (Å²) in [6, 6.07) is 5.97. The minimum absolute atomic E-state index is 0.0113. The molecule has 2 rings (SSSR count). The minimum Gasteiger partial charge on any atom is -0.322 e. The summed E-state index contributed by atoms with van der Waals surface area (Å²) in [7, 11) is 0. The highest BCUT2D eigenvalue weighted by molar-refractivity contribution is 6.04. The maximum atomic E-state index is 14.4. The van der Waals surface area contributed by atoms with Crippen LogP contribution in [-0.2, 0) is 15.4 Å². The maximum absolute atomic E-state index is 14.4. The second-order valence-corrected chi connectivity index (χ2v) is 7.68. The number of anilines is 1. The fraction of sp³-hybridized carbons (Fsp3) is 0.381. The Morgan fingerprint density at radius 2 is 1.24 bits per heavy atom. The molecule has 0 aliphatic rings. The number of ether oxygens (including phenoxy) is 2. The highest BCUT2D eigenvalue weighted by Crippen LogP contribution is 2.54. The number of aryl methyl sites for hydroxylation is 2. The fourth-order valence-corrected chi connectivity index (χ4v) is 2.71. The van der Waals surface area contributed by atoms with E-state index in [1.807, 2.05) is 10.1 Å². The number of nitrogens with one attached hydrogen (secondary N) is 1. The molecule has 0 spiro atoms. The molecule has 0 unspecified atom stereocenters. The predicted octanol–water partition coefficient (Wildman–Crippen LogP) is 7.61. The smallest absolute Gasteiger partial charge is 0.322 e. The molecule has 2 aromatic rings. The lowest BCUT2D eigenvalue weighted by molar-refractivity contribution is -0.535. The van der Waals surface area contributed by atoms with Crippen molar-refractivity contribution in [1.82, 2.24) is 0 Å². The largest absolute Gasteiger partial charge is 0.527 e. The van der Waals surface area contributed by atoms with Crippen molar-refractivity contribution in [3.63, 3.8) is 0 Å². The lowest BCUT2D eigenvalue weighted by atomic mass is 10.0. The van der Waals surface area contributed by atoms with E-state index in [4.69, 9.17) is 0 Å². The van der Waals surface area contributed by atoms with Gasteiger partial charge in [-0.2, -0.15) is 43.9 Å². The molecule has 0 bridgehead atoms. The van der Waals surface area contributed by atoms with Gasteiger partial charge < -0.3 is 5.32 Å². The van der Waals surface area contributed by atoms with E-state index >= 15 is 0 Å². The van der Waals surface area contributed by atoms with Crippen molar-refractivity contribution in [2.24, 2.45) is 0 Å². The Kier molecular flexibility index (Phi) is 8.12. The first-order valence-electron chi connectivity index (χ1n) is 9.79. The van der Waals surface area contributed by atoms with Crippen LogP contribution in [0.15, 0.2) is 42.5 Å². The van der Waals surface area contributed by atoms with Gasteiger partial charge in [-0.25, -0.2) is 9.47 Å². The highest BCUT2D eigenvalue weighted by Gasteiger charge is 2.80. The Morgan fingerprint density at radius 3 is 1.76 bits per heavy atom. The lowest BCUT2D eigenvalue weighted by Crippen LogP contribution is -2.61. The van der Waals surface area contributed by atoms with Crippen LogP contribution in [0.5, 0.6) is 0 Å². The predicted molar refractivity (Wildman–Crippen MR) is 102 cm³/mol. The molecule has 1 N–H and O–H groups in total. The lowest BCUT2D eigenvalue weighted by Gasteiger charge is -2.35. The second-order valence-electron chi connectivity index (χ2n) is 7.68. The quantitative estimate of drug-likeness (QED) is 0.313. The molecule has 0 saturated carbocycles. The molecule has 0 atom stereocenters. The average molecular weight is 575 g/mol. The van der Waals surface area contributed by atoms with Crippen molar-refractivity contribution in [2.45, 2.75) is 50.4 Å². The van der Waals surface area contributed by atoms with E-state index in [9.17, 15) is 61.9 Å². The number of carbonyl (C=O) groups is 1. The summed E-state index contributed by atoms with van der Waals surface area (Å²) >= 11 is 0. The molecule has 0 radical (unpaired) electrons. The van der Waals surface area contributed by atoms with Crippen molar-refractivity contribution >= 4 is 11.6 Å². The number of halogens is 13. The molecule has 38 heavy (non-hydrogen) atoms. The number of rotatable bonds is 9. The standard InChI is InChI=1S/C21H14F13NO3/c1-10-6-7-12(8-11(10)2)15(36)35-14-5-3-4-13(9-14)16(22,23)18(26,27)37-19(28,29)17(24,25)20(30,31)38-21(32,33)34/h3-9H,1-2H3,(H,35,36). The molecule has 0 aliphatic heterocycles. The third kappa shape index (κ3) is 6.31. The monoisotopic (exact) mass is 575 g/mol. The number of benzene rings is 2. The molecule has 17 heteroatoms.